The van der Waals surface area contributed by atoms with E-state index in [2.05, 4.69) is 45.4 Å². The number of rotatable bonds is 5. The largest absolute Gasteiger partial charge is 0.389 e. The molecule has 1 aliphatic rings. The van der Waals surface area contributed by atoms with Crippen molar-refractivity contribution in [2.45, 2.75) is 51.7 Å². The zero-order valence-corrected chi connectivity index (χ0v) is 15.4. The van der Waals surface area contributed by atoms with Gasteiger partial charge in [0.2, 0.25) is 0 Å². The molecule has 0 saturated heterocycles. The summed E-state index contributed by atoms with van der Waals surface area (Å²) in [4.78, 5) is 0. The maximum absolute atomic E-state index is 10.4. The number of nitrogens with one attached hydrogen (secondary N) is 1. The lowest BCUT2D eigenvalue weighted by atomic mass is 10.0. The van der Waals surface area contributed by atoms with Gasteiger partial charge in [0.15, 0.2) is 0 Å². The molecule has 3 rings (SSSR count). The van der Waals surface area contributed by atoms with Crippen molar-refractivity contribution in [1.29, 1.82) is 0 Å². The zero-order chi connectivity index (χ0) is 16.4. The molecule has 0 aliphatic heterocycles. The number of hydrogen-bond donors (Lipinski definition) is 2. The molecule has 1 aromatic carbocycles. The van der Waals surface area contributed by atoms with Crippen LogP contribution in [0.4, 0.5) is 0 Å². The van der Waals surface area contributed by atoms with Gasteiger partial charge in [-0.05, 0) is 51.0 Å². The molecule has 4 nitrogen and oxygen atoms in total. The van der Waals surface area contributed by atoms with E-state index in [0.717, 1.165) is 53.8 Å². The molecule has 0 atom stereocenters. The third-order valence-electron chi connectivity index (χ3n) is 4.80. The van der Waals surface area contributed by atoms with E-state index in [0.29, 0.717) is 6.54 Å². The Balaban J connectivity index is 1.72. The molecule has 1 aromatic heterocycles. The summed E-state index contributed by atoms with van der Waals surface area (Å²) in [6.45, 7) is 5.55. The highest BCUT2D eigenvalue weighted by molar-refractivity contribution is 9.10. The van der Waals surface area contributed by atoms with Crippen LogP contribution < -0.4 is 5.32 Å². The van der Waals surface area contributed by atoms with Gasteiger partial charge in [0, 0.05) is 28.8 Å². The van der Waals surface area contributed by atoms with Gasteiger partial charge in [-0.15, -0.1) is 0 Å². The van der Waals surface area contributed by atoms with Crippen LogP contribution in [0.1, 0.15) is 42.6 Å². The summed E-state index contributed by atoms with van der Waals surface area (Å²) < 4.78 is 3.05. The molecule has 124 valence electrons. The first-order chi connectivity index (χ1) is 11.0. The summed E-state index contributed by atoms with van der Waals surface area (Å²) in [6, 6.07) is 8.17. The van der Waals surface area contributed by atoms with Crippen LogP contribution in [-0.2, 0) is 6.54 Å². The SMILES string of the molecule is Cc1nn(-c2ccc(Br)cc2)c(C)c1CNCC1(O)CCCC1. The van der Waals surface area contributed by atoms with Crippen LogP contribution in [-0.4, -0.2) is 27.0 Å². The standard InChI is InChI=1S/C18H24BrN3O/c1-13-17(11-20-12-18(23)9-3-4-10-18)14(2)22(21-13)16-7-5-15(19)6-8-16/h5-8,20,23H,3-4,9-12H2,1-2H3. The molecule has 1 fully saturated rings. The number of nitrogens with zero attached hydrogens (tertiary/aromatic N) is 2. The van der Waals surface area contributed by atoms with Crippen LogP contribution in [0.2, 0.25) is 0 Å². The van der Waals surface area contributed by atoms with Crippen molar-refractivity contribution in [2.24, 2.45) is 0 Å². The zero-order valence-electron chi connectivity index (χ0n) is 13.8. The van der Waals surface area contributed by atoms with Gasteiger partial charge in [0.25, 0.3) is 0 Å². The van der Waals surface area contributed by atoms with Crippen molar-refractivity contribution in [3.8, 4) is 5.69 Å². The second kappa shape index (κ2) is 6.75. The Labute approximate surface area is 146 Å². The summed E-state index contributed by atoms with van der Waals surface area (Å²) in [7, 11) is 0. The third-order valence-corrected chi connectivity index (χ3v) is 5.33. The highest BCUT2D eigenvalue weighted by Crippen LogP contribution is 2.28. The van der Waals surface area contributed by atoms with Crippen molar-refractivity contribution in [2.75, 3.05) is 6.54 Å². The molecule has 1 saturated carbocycles. The quantitative estimate of drug-likeness (QED) is 0.835. The fourth-order valence-corrected chi connectivity index (χ4v) is 3.66. The van der Waals surface area contributed by atoms with E-state index < -0.39 is 5.60 Å². The fourth-order valence-electron chi connectivity index (χ4n) is 3.39. The number of hydrogen-bond acceptors (Lipinski definition) is 3. The molecule has 0 amide bonds. The number of aryl methyl sites for hydroxylation is 1. The fraction of sp³-hybridized carbons (Fsp3) is 0.500. The van der Waals surface area contributed by atoms with Gasteiger partial charge in [0.1, 0.15) is 0 Å². The molecule has 1 aliphatic carbocycles. The van der Waals surface area contributed by atoms with Crippen LogP contribution in [0.5, 0.6) is 0 Å². The first-order valence-corrected chi connectivity index (χ1v) is 9.02. The van der Waals surface area contributed by atoms with Crippen LogP contribution in [0.15, 0.2) is 28.7 Å². The first-order valence-electron chi connectivity index (χ1n) is 8.23. The predicted octanol–water partition coefficient (Wildman–Crippen LogP) is 3.65. The Morgan fingerprint density at radius 3 is 2.52 bits per heavy atom. The molecule has 0 bridgehead atoms. The molecular formula is C18H24BrN3O. The Bertz CT molecular complexity index is 672. The third kappa shape index (κ3) is 3.67. The highest BCUT2D eigenvalue weighted by Gasteiger charge is 2.30. The Morgan fingerprint density at radius 2 is 1.87 bits per heavy atom. The lowest BCUT2D eigenvalue weighted by molar-refractivity contribution is 0.0474. The average Bonchev–Trinajstić information content (AvgIpc) is 3.07. The number of benzene rings is 1. The van der Waals surface area contributed by atoms with Crippen molar-refractivity contribution in [3.63, 3.8) is 0 Å². The van der Waals surface area contributed by atoms with Crippen LogP contribution in [0.3, 0.4) is 0 Å². The van der Waals surface area contributed by atoms with Gasteiger partial charge >= 0.3 is 0 Å². The van der Waals surface area contributed by atoms with Gasteiger partial charge < -0.3 is 10.4 Å². The summed E-state index contributed by atoms with van der Waals surface area (Å²) in [5.74, 6) is 0. The second-order valence-corrected chi connectivity index (χ2v) is 7.49. The van der Waals surface area contributed by atoms with Crippen molar-refractivity contribution >= 4 is 15.9 Å². The second-order valence-electron chi connectivity index (χ2n) is 6.57. The average molecular weight is 378 g/mol. The molecule has 2 aromatic rings. The summed E-state index contributed by atoms with van der Waals surface area (Å²) in [5.41, 5.74) is 3.96. The Kier molecular flexibility index (Phi) is 4.90. The summed E-state index contributed by atoms with van der Waals surface area (Å²) >= 11 is 3.46. The van der Waals surface area contributed by atoms with E-state index in [9.17, 15) is 5.11 Å². The summed E-state index contributed by atoms with van der Waals surface area (Å²) in [5, 5.41) is 18.5. The molecule has 0 spiro atoms. The minimum absolute atomic E-state index is 0.510. The van der Waals surface area contributed by atoms with E-state index in [-0.39, 0.29) is 0 Å². The minimum Gasteiger partial charge on any atom is -0.389 e. The lowest BCUT2D eigenvalue weighted by Crippen LogP contribution is -2.37. The lowest BCUT2D eigenvalue weighted by Gasteiger charge is -2.22. The van der Waals surface area contributed by atoms with Gasteiger partial charge in [-0.25, -0.2) is 4.68 Å². The molecular weight excluding hydrogens is 354 g/mol. The van der Waals surface area contributed by atoms with Crippen molar-refractivity contribution in [3.05, 3.63) is 45.7 Å². The topological polar surface area (TPSA) is 50.1 Å². The Hall–Kier alpha value is -1.17. The minimum atomic E-state index is -0.510. The van der Waals surface area contributed by atoms with Gasteiger partial charge in [-0.3, -0.25) is 0 Å². The van der Waals surface area contributed by atoms with Crippen LogP contribution in [0, 0.1) is 13.8 Å². The monoisotopic (exact) mass is 377 g/mol. The number of aromatic nitrogens is 2. The van der Waals surface area contributed by atoms with Crippen LogP contribution in [0.25, 0.3) is 5.69 Å². The molecule has 1 heterocycles. The number of halogens is 1. The van der Waals surface area contributed by atoms with Gasteiger partial charge in [-0.2, -0.15) is 5.10 Å². The highest BCUT2D eigenvalue weighted by atomic mass is 79.9. The molecule has 0 unspecified atom stereocenters. The smallest absolute Gasteiger partial charge is 0.0771 e. The summed E-state index contributed by atoms with van der Waals surface area (Å²) in [6.07, 6.45) is 4.10. The normalized spacial score (nSPS) is 16.9. The molecule has 23 heavy (non-hydrogen) atoms. The van der Waals surface area contributed by atoms with Crippen LogP contribution >= 0.6 is 15.9 Å². The van der Waals surface area contributed by atoms with Crippen molar-refractivity contribution in [1.82, 2.24) is 15.1 Å². The molecule has 5 heteroatoms. The maximum Gasteiger partial charge on any atom is 0.0771 e. The predicted molar refractivity (Wildman–Crippen MR) is 95.9 cm³/mol. The van der Waals surface area contributed by atoms with E-state index in [1.165, 1.54) is 5.56 Å². The van der Waals surface area contributed by atoms with Gasteiger partial charge in [-0.1, -0.05) is 28.8 Å². The van der Waals surface area contributed by atoms with Crippen molar-refractivity contribution < 1.29 is 5.11 Å². The van der Waals surface area contributed by atoms with E-state index >= 15 is 0 Å². The van der Waals surface area contributed by atoms with Gasteiger partial charge in [0.05, 0.1) is 17.0 Å². The molecule has 2 N–H and O–H groups in total. The molecule has 0 radical (unpaired) electrons. The first kappa shape index (κ1) is 16.7. The van der Waals surface area contributed by atoms with E-state index in [1.807, 2.05) is 23.7 Å². The maximum atomic E-state index is 10.4. The van der Waals surface area contributed by atoms with E-state index in [4.69, 9.17) is 0 Å². The Morgan fingerprint density at radius 1 is 1.22 bits per heavy atom. The van der Waals surface area contributed by atoms with E-state index in [1.54, 1.807) is 0 Å². The number of aliphatic hydroxyl groups is 1.